The summed E-state index contributed by atoms with van der Waals surface area (Å²) in [5.41, 5.74) is 4.24. The van der Waals surface area contributed by atoms with Gasteiger partial charge in [-0.3, -0.25) is 4.98 Å². The fraction of sp³-hybridized carbons (Fsp3) is 0.267. The average Bonchev–Trinajstić information content (AvgIpc) is 2.73. The predicted molar refractivity (Wildman–Crippen MR) is 80.5 cm³/mol. The van der Waals surface area contributed by atoms with Gasteiger partial charge in [0.1, 0.15) is 0 Å². The zero-order chi connectivity index (χ0) is 15.9. The van der Waals surface area contributed by atoms with Gasteiger partial charge in [0.05, 0.1) is 24.6 Å². The molecule has 0 aromatic rings. The quantitative estimate of drug-likeness (QED) is 0.882. The van der Waals surface area contributed by atoms with E-state index in [2.05, 4.69) is 10.4 Å². The van der Waals surface area contributed by atoms with E-state index >= 15 is 0 Å². The first kappa shape index (κ1) is 15.6. The first-order valence-corrected chi connectivity index (χ1v) is 6.91. The van der Waals surface area contributed by atoms with E-state index in [1.165, 1.54) is 0 Å². The van der Waals surface area contributed by atoms with E-state index in [0.717, 1.165) is 5.01 Å². The summed E-state index contributed by atoms with van der Waals surface area (Å²) in [7, 11) is 0. The molecule has 0 bridgehead atoms. The highest BCUT2D eigenvalue weighted by Gasteiger charge is 2.24. The summed E-state index contributed by atoms with van der Waals surface area (Å²) in [6.45, 7) is 3.74. The van der Waals surface area contributed by atoms with Crippen molar-refractivity contribution in [2.45, 2.75) is 13.8 Å². The highest BCUT2D eigenvalue weighted by atomic mass is 16.6. The van der Waals surface area contributed by atoms with Gasteiger partial charge in [0.15, 0.2) is 0 Å². The van der Waals surface area contributed by atoms with E-state index in [1.807, 2.05) is 0 Å². The number of rotatable bonds is 3. The van der Waals surface area contributed by atoms with Crippen LogP contribution in [0.1, 0.15) is 13.8 Å². The molecule has 0 saturated carbocycles. The van der Waals surface area contributed by atoms with Crippen LogP contribution in [0.15, 0.2) is 36.5 Å². The molecule has 7 nitrogen and oxygen atoms in total. The van der Waals surface area contributed by atoms with Crippen LogP contribution in [-0.4, -0.2) is 30.4 Å². The molecule has 0 saturated heterocycles. The van der Waals surface area contributed by atoms with Gasteiger partial charge in [-0.1, -0.05) is 12.1 Å². The molecule has 1 heterocycles. The van der Waals surface area contributed by atoms with Gasteiger partial charge in [-0.05, 0) is 32.0 Å². The first-order chi connectivity index (χ1) is 10.7. The lowest BCUT2D eigenvalue weighted by Crippen LogP contribution is -2.47. The summed E-state index contributed by atoms with van der Waals surface area (Å²) >= 11 is 0. The Morgan fingerprint density at radius 2 is 1.91 bits per heavy atom. The van der Waals surface area contributed by atoms with Gasteiger partial charge >= 0.3 is 12.2 Å². The van der Waals surface area contributed by atoms with E-state index in [-0.39, 0.29) is 13.2 Å². The Morgan fingerprint density at radius 1 is 1.14 bits per heavy atom. The summed E-state index contributed by atoms with van der Waals surface area (Å²) in [6.07, 6.45) is 0.215. The summed E-state index contributed by atoms with van der Waals surface area (Å²) in [4.78, 5) is 28.0. The number of aromatic nitrogens is 1. The molecule has 1 aliphatic heterocycles. The lowest BCUT2D eigenvalue weighted by molar-refractivity contribution is 0.139. The van der Waals surface area contributed by atoms with Crippen LogP contribution in [0.25, 0.3) is 11.3 Å². The SMILES string of the molecule is CCOC(=O)NN(C(=O)OCC)c1ccc2nccccc1-2. The number of anilines is 1. The largest absolute Gasteiger partial charge is 0.449 e. The van der Waals surface area contributed by atoms with Crippen LogP contribution in [0, 0.1) is 0 Å². The van der Waals surface area contributed by atoms with Crippen molar-refractivity contribution in [2.75, 3.05) is 18.2 Å². The first-order valence-electron chi connectivity index (χ1n) is 6.91. The lowest BCUT2D eigenvalue weighted by Gasteiger charge is -2.22. The van der Waals surface area contributed by atoms with Crippen molar-refractivity contribution in [3.8, 4) is 11.3 Å². The molecule has 2 aliphatic rings. The summed E-state index contributed by atoms with van der Waals surface area (Å²) < 4.78 is 9.79. The molecular weight excluding hydrogens is 286 g/mol. The van der Waals surface area contributed by atoms with Crippen LogP contribution in [-0.2, 0) is 9.47 Å². The van der Waals surface area contributed by atoms with Crippen molar-refractivity contribution < 1.29 is 19.1 Å². The number of amides is 2. The smallest absolute Gasteiger partial charge is 0.433 e. The Morgan fingerprint density at radius 3 is 2.64 bits per heavy atom. The van der Waals surface area contributed by atoms with Crippen molar-refractivity contribution in [1.29, 1.82) is 0 Å². The van der Waals surface area contributed by atoms with Gasteiger partial charge in [-0.2, -0.15) is 5.01 Å². The highest BCUT2D eigenvalue weighted by molar-refractivity contribution is 5.96. The molecular formula is C15H17N3O4. The molecule has 0 unspecified atom stereocenters. The number of hydrazine groups is 1. The molecule has 0 aromatic carbocycles. The van der Waals surface area contributed by atoms with Crippen molar-refractivity contribution in [3.63, 3.8) is 0 Å². The molecule has 0 spiro atoms. The molecule has 1 aliphatic carbocycles. The van der Waals surface area contributed by atoms with Gasteiger partial charge in [0.25, 0.3) is 0 Å². The molecule has 2 rings (SSSR count). The summed E-state index contributed by atoms with van der Waals surface area (Å²) in [6, 6.07) is 8.81. The number of fused-ring (bicyclic) bond motifs is 1. The minimum absolute atomic E-state index is 0.185. The molecule has 0 fully saturated rings. The minimum atomic E-state index is -0.738. The predicted octanol–water partition coefficient (Wildman–Crippen LogP) is 2.81. The molecule has 2 amide bonds. The number of nitrogens with one attached hydrogen (secondary N) is 1. The summed E-state index contributed by atoms with van der Waals surface area (Å²) in [5, 5.41) is 1.02. The third-order valence-corrected chi connectivity index (χ3v) is 2.79. The van der Waals surface area contributed by atoms with Gasteiger partial charge in [0.2, 0.25) is 0 Å². The fourth-order valence-corrected chi connectivity index (χ4v) is 1.92. The van der Waals surface area contributed by atoms with Crippen molar-refractivity contribution in [1.82, 2.24) is 10.4 Å². The molecule has 7 heteroatoms. The van der Waals surface area contributed by atoms with Crippen LogP contribution in [0.4, 0.5) is 15.3 Å². The molecule has 1 N–H and O–H groups in total. The minimum Gasteiger partial charge on any atom is -0.449 e. The Hall–Kier alpha value is -2.83. The standard InChI is InChI=1S/C15H17N3O4/c1-3-21-14(19)17-18(15(20)22-4-2)13-9-8-12-11(13)7-5-6-10-16-12/h5-10H,3-4H2,1-2H3,(H,17,19). The number of carbonyl (C=O) groups excluding carboxylic acids is 2. The van der Waals surface area contributed by atoms with Crippen LogP contribution in [0.2, 0.25) is 0 Å². The molecule has 116 valence electrons. The Balaban J connectivity index is 2.35. The van der Waals surface area contributed by atoms with Gasteiger partial charge in [0, 0.05) is 11.8 Å². The van der Waals surface area contributed by atoms with Crippen molar-refractivity contribution in [3.05, 3.63) is 36.5 Å². The second-order valence-corrected chi connectivity index (χ2v) is 4.21. The maximum Gasteiger partial charge on any atom is 0.433 e. The molecule has 0 aromatic heterocycles. The Labute approximate surface area is 128 Å². The number of carbonyl (C=O) groups is 2. The van der Waals surface area contributed by atoms with E-state index in [9.17, 15) is 9.59 Å². The monoisotopic (exact) mass is 303 g/mol. The number of ether oxygens (including phenoxy) is 2. The zero-order valence-electron chi connectivity index (χ0n) is 12.4. The number of hydrogen-bond donors (Lipinski definition) is 1. The average molecular weight is 303 g/mol. The number of hydrogen-bond acceptors (Lipinski definition) is 5. The lowest BCUT2D eigenvalue weighted by atomic mass is 10.2. The van der Waals surface area contributed by atoms with Crippen LogP contribution < -0.4 is 10.4 Å². The number of nitrogens with zero attached hydrogens (tertiary/aromatic N) is 2. The third-order valence-electron chi connectivity index (χ3n) is 2.79. The van der Waals surface area contributed by atoms with E-state index in [1.54, 1.807) is 50.4 Å². The highest BCUT2D eigenvalue weighted by Crippen LogP contribution is 2.32. The molecule has 22 heavy (non-hydrogen) atoms. The van der Waals surface area contributed by atoms with E-state index in [4.69, 9.17) is 9.47 Å². The van der Waals surface area contributed by atoms with E-state index in [0.29, 0.717) is 16.9 Å². The van der Waals surface area contributed by atoms with Crippen LogP contribution in [0.5, 0.6) is 0 Å². The van der Waals surface area contributed by atoms with Crippen LogP contribution in [0.3, 0.4) is 0 Å². The van der Waals surface area contributed by atoms with Gasteiger partial charge < -0.3 is 9.47 Å². The second-order valence-electron chi connectivity index (χ2n) is 4.21. The normalized spacial score (nSPS) is 10.1. The Kier molecular flexibility index (Phi) is 5.13. The maximum absolute atomic E-state index is 12.1. The zero-order valence-corrected chi connectivity index (χ0v) is 12.4. The van der Waals surface area contributed by atoms with Crippen LogP contribution >= 0.6 is 0 Å². The topological polar surface area (TPSA) is 80.8 Å². The van der Waals surface area contributed by atoms with Gasteiger partial charge in [-0.25, -0.2) is 15.0 Å². The van der Waals surface area contributed by atoms with E-state index < -0.39 is 12.2 Å². The van der Waals surface area contributed by atoms with Gasteiger partial charge in [-0.15, -0.1) is 0 Å². The van der Waals surface area contributed by atoms with Crippen molar-refractivity contribution in [2.24, 2.45) is 0 Å². The summed E-state index contributed by atoms with van der Waals surface area (Å²) in [5.74, 6) is 0. The molecule has 0 radical (unpaired) electrons. The third kappa shape index (κ3) is 3.43. The molecule has 0 atom stereocenters. The van der Waals surface area contributed by atoms with Crippen molar-refractivity contribution >= 4 is 17.9 Å². The second kappa shape index (κ2) is 7.26. The maximum atomic E-state index is 12.1. The Bertz CT molecular complexity index is 632. The fourth-order valence-electron chi connectivity index (χ4n) is 1.92.